The van der Waals surface area contributed by atoms with E-state index in [1.165, 1.54) is 6.26 Å². The van der Waals surface area contributed by atoms with E-state index < -0.39 is 10.0 Å². The molecule has 1 heterocycles. The third kappa shape index (κ3) is 9.41. The van der Waals surface area contributed by atoms with Gasteiger partial charge in [0.2, 0.25) is 10.0 Å². The van der Waals surface area contributed by atoms with Gasteiger partial charge in [0.05, 0.1) is 6.26 Å². The van der Waals surface area contributed by atoms with Crippen LogP contribution in [0.4, 0.5) is 0 Å². The van der Waals surface area contributed by atoms with E-state index in [9.17, 15) is 8.42 Å². The number of sulfonamides is 1. The molecule has 6 nitrogen and oxygen atoms in total. The summed E-state index contributed by atoms with van der Waals surface area (Å²) >= 11 is 0. The third-order valence-corrected chi connectivity index (χ3v) is 5.48. The van der Waals surface area contributed by atoms with Crippen molar-refractivity contribution in [3.8, 4) is 0 Å². The molecule has 1 saturated heterocycles. The van der Waals surface area contributed by atoms with Crippen molar-refractivity contribution in [2.24, 2.45) is 16.3 Å². The Morgan fingerprint density at radius 1 is 1.38 bits per heavy atom. The van der Waals surface area contributed by atoms with E-state index in [4.69, 9.17) is 0 Å². The van der Waals surface area contributed by atoms with Gasteiger partial charge in [-0.1, -0.05) is 20.8 Å². The van der Waals surface area contributed by atoms with Crippen LogP contribution in [0.5, 0.6) is 0 Å². The number of aliphatic imine (C=N–C) groups is 1. The Kier molecular flexibility index (Phi) is 10.1. The molecule has 2 atom stereocenters. The lowest BCUT2D eigenvalue weighted by Gasteiger charge is -2.23. The number of rotatable bonds is 6. The normalized spacial score (nSPS) is 21.2. The van der Waals surface area contributed by atoms with Crippen LogP contribution in [0.25, 0.3) is 0 Å². The van der Waals surface area contributed by atoms with Crippen molar-refractivity contribution in [3.63, 3.8) is 0 Å². The highest BCUT2D eigenvalue weighted by Gasteiger charge is 2.28. The van der Waals surface area contributed by atoms with Gasteiger partial charge in [0.15, 0.2) is 5.96 Å². The molecule has 0 aromatic heterocycles. The third-order valence-electron chi connectivity index (χ3n) is 4.21. The molecule has 2 unspecified atom stereocenters. The van der Waals surface area contributed by atoms with Gasteiger partial charge in [0.1, 0.15) is 0 Å². The summed E-state index contributed by atoms with van der Waals surface area (Å²) in [5.74, 6) is 1.14. The van der Waals surface area contributed by atoms with Crippen LogP contribution >= 0.6 is 24.0 Å². The highest BCUT2D eigenvalue weighted by Crippen LogP contribution is 2.21. The molecule has 1 fully saturated rings. The number of nitrogens with one attached hydrogen (secondary N) is 2. The van der Waals surface area contributed by atoms with Gasteiger partial charge < -0.3 is 10.6 Å². The minimum Gasteiger partial charge on any atom is -0.356 e. The van der Waals surface area contributed by atoms with Crippen molar-refractivity contribution in [2.45, 2.75) is 53.0 Å². The summed E-state index contributed by atoms with van der Waals surface area (Å²) in [6.07, 6.45) is 4.43. The highest BCUT2D eigenvalue weighted by atomic mass is 127. The Hall–Kier alpha value is -0.0900. The molecule has 2 N–H and O–H groups in total. The number of guanidine groups is 1. The molecule has 0 aliphatic carbocycles. The maximum atomic E-state index is 11.5. The molecule has 0 bridgehead atoms. The first-order valence-corrected chi connectivity index (χ1v) is 10.3. The zero-order valence-corrected chi connectivity index (χ0v) is 19.1. The fourth-order valence-corrected chi connectivity index (χ4v) is 3.57. The van der Waals surface area contributed by atoms with Crippen molar-refractivity contribution in [1.29, 1.82) is 0 Å². The van der Waals surface area contributed by atoms with Gasteiger partial charge in [-0.2, -0.15) is 0 Å². The molecular weight excluding hydrogens is 439 g/mol. The first kappa shape index (κ1) is 23.9. The van der Waals surface area contributed by atoms with E-state index in [0.717, 1.165) is 31.8 Å². The van der Waals surface area contributed by atoms with Crippen LogP contribution in [0.3, 0.4) is 0 Å². The standard InChI is InChI=1S/C16H34N4O2S.HI/c1-13(7-9-16(2,3)4)19-15(17-5)18-11-14-8-10-20(12-14)23(6,21)22;/h13-14H,7-12H2,1-6H3,(H2,17,18,19);1H. The van der Waals surface area contributed by atoms with Gasteiger partial charge in [0.25, 0.3) is 0 Å². The van der Waals surface area contributed by atoms with Crippen molar-refractivity contribution in [3.05, 3.63) is 0 Å². The number of hydrogen-bond acceptors (Lipinski definition) is 3. The van der Waals surface area contributed by atoms with Crippen LogP contribution < -0.4 is 10.6 Å². The molecule has 1 aliphatic heterocycles. The molecule has 0 amide bonds. The first-order valence-electron chi connectivity index (χ1n) is 8.43. The summed E-state index contributed by atoms with van der Waals surface area (Å²) < 4.78 is 24.6. The first-order chi connectivity index (χ1) is 10.5. The highest BCUT2D eigenvalue weighted by molar-refractivity contribution is 14.0. The van der Waals surface area contributed by atoms with Crippen LogP contribution in [0.2, 0.25) is 0 Å². The van der Waals surface area contributed by atoms with Crippen LogP contribution in [-0.4, -0.2) is 57.7 Å². The average Bonchev–Trinajstić information content (AvgIpc) is 2.89. The Bertz CT molecular complexity index is 503. The molecule has 0 radical (unpaired) electrons. The Morgan fingerprint density at radius 2 is 2.00 bits per heavy atom. The van der Waals surface area contributed by atoms with E-state index >= 15 is 0 Å². The quantitative estimate of drug-likeness (QED) is 0.352. The second-order valence-electron chi connectivity index (χ2n) is 7.87. The summed E-state index contributed by atoms with van der Waals surface area (Å²) in [5, 5.41) is 6.74. The maximum absolute atomic E-state index is 11.5. The summed E-state index contributed by atoms with van der Waals surface area (Å²) in [6, 6.07) is 0.358. The predicted molar refractivity (Wildman–Crippen MR) is 113 cm³/mol. The molecule has 8 heteroatoms. The minimum absolute atomic E-state index is 0. The van der Waals surface area contributed by atoms with E-state index in [2.05, 4.69) is 43.3 Å². The molecule has 144 valence electrons. The lowest BCUT2D eigenvalue weighted by atomic mass is 9.89. The average molecular weight is 474 g/mol. The van der Waals surface area contributed by atoms with Gasteiger partial charge in [0, 0.05) is 32.7 Å². The zero-order chi connectivity index (χ0) is 17.7. The van der Waals surface area contributed by atoms with Crippen molar-refractivity contribution < 1.29 is 8.42 Å². The van der Waals surface area contributed by atoms with Crippen molar-refractivity contribution >= 4 is 40.0 Å². The lowest BCUT2D eigenvalue weighted by Crippen LogP contribution is -2.44. The van der Waals surface area contributed by atoms with Gasteiger partial charge in [-0.05, 0) is 37.5 Å². The molecular formula is C16H35IN4O2S. The summed E-state index contributed by atoms with van der Waals surface area (Å²) in [4.78, 5) is 4.26. The fraction of sp³-hybridized carbons (Fsp3) is 0.938. The van der Waals surface area contributed by atoms with E-state index in [1.807, 2.05) is 0 Å². The minimum atomic E-state index is -3.06. The van der Waals surface area contributed by atoms with Crippen LogP contribution in [-0.2, 0) is 10.0 Å². The Morgan fingerprint density at radius 3 is 2.46 bits per heavy atom. The maximum Gasteiger partial charge on any atom is 0.211 e. The second kappa shape index (κ2) is 10.2. The molecule has 1 rings (SSSR count). The van der Waals surface area contributed by atoms with Crippen LogP contribution in [0.15, 0.2) is 4.99 Å². The second-order valence-corrected chi connectivity index (χ2v) is 9.86. The van der Waals surface area contributed by atoms with Gasteiger partial charge in [-0.25, -0.2) is 12.7 Å². The molecule has 0 spiro atoms. The smallest absolute Gasteiger partial charge is 0.211 e. The molecule has 0 saturated carbocycles. The number of halogens is 1. The number of nitrogens with zero attached hydrogens (tertiary/aromatic N) is 2. The van der Waals surface area contributed by atoms with Gasteiger partial charge >= 0.3 is 0 Å². The van der Waals surface area contributed by atoms with Crippen molar-refractivity contribution in [2.75, 3.05) is 32.9 Å². The molecule has 0 aromatic carbocycles. The zero-order valence-electron chi connectivity index (χ0n) is 15.9. The molecule has 0 aromatic rings. The monoisotopic (exact) mass is 474 g/mol. The van der Waals surface area contributed by atoms with E-state index in [-0.39, 0.29) is 24.0 Å². The molecule has 1 aliphatic rings. The van der Waals surface area contributed by atoms with E-state index in [1.54, 1.807) is 11.4 Å². The van der Waals surface area contributed by atoms with Crippen LogP contribution in [0, 0.1) is 11.3 Å². The van der Waals surface area contributed by atoms with Crippen LogP contribution in [0.1, 0.15) is 47.0 Å². The summed E-state index contributed by atoms with van der Waals surface area (Å²) in [7, 11) is -1.29. The topological polar surface area (TPSA) is 73.8 Å². The molecule has 24 heavy (non-hydrogen) atoms. The lowest BCUT2D eigenvalue weighted by molar-refractivity contribution is 0.346. The Labute approximate surface area is 165 Å². The van der Waals surface area contributed by atoms with Gasteiger partial charge in [-0.3, -0.25) is 4.99 Å². The largest absolute Gasteiger partial charge is 0.356 e. The predicted octanol–water partition coefficient (Wildman–Crippen LogP) is 2.27. The number of hydrogen-bond donors (Lipinski definition) is 2. The summed E-state index contributed by atoms with van der Waals surface area (Å²) in [5.41, 5.74) is 0.339. The van der Waals surface area contributed by atoms with Gasteiger partial charge in [-0.15, -0.1) is 24.0 Å². The fourth-order valence-electron chi connectivity index (χ4n) is 2.66. The van der Waals surface area contributed by atoms with E-state index in [0.29, 0.717) is 30.5 Å². The summed E-state index contributed by atoms with van der Waals surface area (Å²) in [6.45, 7) is 10.9. The van der Waals surface area contributed by atoms with Crippen molar-refractivity contribution in [1.82, 2.24) is 14.9 Å². The SMILES string of the molecule is CN=C(NCC1CCN(S(C)(=O)=O)C1)NC(C)CCC(C)(C)C.I. The Balaban J connectivity index is 0.00000529.